The maximum absolute atomic E-state index is 12.3. The molecule has 3 atom stereocenters. The Morgan fingerprint density at radius 3 is 2.44 bits per heavy atom. The van der Waals surface area contributed by atoms with Crippen molar-refractivity contribution in [3.05, 3.63) is 23.8 Å². The zero-order valence-corrected chi connectivity index (χ0v) is 16.2. The molecule has 1 heterocycles. The molecule has 1 saturated carbocycles. The van der Waals surface area contributed by atoms with Crippen LogP contribution in [0.2, 0.25) is 0 Å². The predicted molar refractivity (Wildman–Crippen MR) is 98.2 cm³/mol. The Balaban J connectivity index is 1.47. The van der Waals surface area contributed by atoms with Gasteiger partial charge in [-0.3, -0.25) is 9.59 Å². The monoisotopic (exact) mass is 396 g/mol. The fraction of sp³-hybridized carbons (Fsp3) is 0.556. The van der Waals surface area contributed by atoms with Gasteiger partial charge < -0.3 is 20.1 Å². The lowest BCUT2D eigenvalue weighted by molar-refractivity contribution is -0.127. The maximum atomic E-state index is 12.3. The number of benzene rings is 1. The molecule has 27 heavy (non-hydrogen) atoms. The van der Waals surface area contributed by atoms with Crippen LogP contribution in [0.3, 0.4) is 0 Å². The van der Waals surface area contributed by atoms with E-state index in [1.54, 1.807) is 26.4 Å². The average molecular weight is 396 g/mol. The van der Waals surface area contributed by atoms with E-state index in [0.29, 0.717) is 30.9 Å². The minimum Gasteiger partial charge on any atom is -0.493 e. The van der Waals surface area contributed by atoms with Gasteiger partial charge in [-0.15, -0.1) is 0 Å². The van der Waals surface area contributed by atoms with Crippen LogP contribution in [0, 0.1) is 11.8 Å². The van der Waals surface area contributed by atoms with E-state index in [0.717, 1.165) is 5.56 Å². The molecule has 0 bridgehead atoms. The lowest BCUT2D eigenvalue weighted by atomic mass is 10.2. The van der Waals surface area contributed by atoms with Crippen molar-refractivity contribution in [3.8, 4) is 11.5 Å². The molecule has 2 fully saturated rings. The third kappa shape index (κ3) is 4.71. The molecule has 2 aliphatic rings. The highest BCUT2D eigenvalue weighted by atomic mass is 32.2. The molecule has 1 aliphatic heterocycles. The topological polar surface area (TPSA) is 111 Å². The van der Waals surface area contributed by atoms with Gasteiger partial charge >= 0.3 is 0 Å². The summed E-state index contributed by atoms with van der Waals surface area (Å²) in [5, 5.41) is 5.58. The molecule has 1 aromatic carbocycles. The number of hydrogen-bond acceptors (Lipinski definition) is 6. The van der Waals surface area contributed by atoms with Gasteiger partial charge in [-0.1, -0.05) is 6.07 Å². The molecule has 3 rings (SSSR count). The van der Waals surface area contributed by atoms with E-state index >= 15 is 0 Å². The lowest BCUT2D eigenvalue weighted by Gasteiger charge is -2.11. The van der Waals surface area contributed by atoms with Crippen molar-refractivity contribution in [1.82, 2.24) is 10.6 Å². The Hall–Kier alpha value is -2.29. The van der Waals surface area contributed by atoms with Gasteiger partial charge in [0.2, 0.25) is 11.8 Å². The second-order valence-corrected chi connectivity index (χ2v) is 9.19. The zero-order valence-electron chi connectivity index (χ0n) is 15.4. The van der Waals surface area contributed by atoms with Crippen molar-refractivity contribution in [3.63, 3.8) is 0 Å². The van der Waals surface area contributed by atoms with Crippen LogP contribution in [0.5, 0.6) is 11.5 Å². The number of rotatable bonds is 7. The fourth-order valence-electron chi connectivity index (χ4n) is 3.30. The van der Waals surface area contributed by atoms with Gasteiger partial charge in [0, 0.05) is 12.6 Å². The predicted octanol–water partition coefficient (Wildman–Crippen LogP) is 0.259. The van der Waals surface area contributed by atoms with Crippen molar-refractivity contribution in [2.45, 2.75) is 25.4 Å². The van der Waals surface area contributed by atoms with Crippen LogP contribution in [0.25, 0.3) is 0 Å². The van der Waals surface area contributed by atoms with Crippen molar-refractivity contribution in [1.29, 1.82) is 0 Å². The first-order valence-electron chi connectivity index (χ1n) is 8.82. The molecule has 0 radical (unpaired) electrons. The van der Waals surface area contributed by atoms with Crippen molar-refractivity contribution in [2.75, 3.05) is 25.7 Å². The van der Waals surface area contributed by atoms with Gasteiger partial charge in [-0.25, -0.2) is 8.42 Å². The van der Waals surface area contributed by atoms with Crippen LogP contribution in [-0.2, 0) is 26.0 Å². The van der Waals surface area contributed by atoms with Crippen LogP contribution < -0.4 is 20.1 Å². The Bertz CT molecular complexity index is 838. The lowest BCUT2D eigenvalue weighted by Crippen LogP contribution is -2.37. The van der Waals surface area contributed by atoms with Gasteiger partial charge in [0.15, 0.2) is 21.3 Å². The fourth-order valence-corrected chi connectivity index (χ4v) is 4.98. The van der Waals surface area contributed by atoms with Gasteiger partial charge in [0.25, 0.3) is 0 Å². The smallest absolute Gasteiger partial charge is 0.224 e. The number of methoxy groups -OCH3 is 2. The van der Waals surface area contributed by atoms with Crippen LogP contribution in [0.1, 0.15) is 18.4 Å². The molecule has 2 amide bonds. The third-order valence-corrected chi connectivity index (χ3v) is 6.73. The summed E-state index contributed by atoms with van der Waals surface area (Å²) in [6, 6.07) is 5.05. The first-order chi connectivity index (χ1) is 12.8. The van der Waals surface area contributed by atoms with E-state index in [1.165, 1.54) is 0 Å². The van der Waals surface area contributed by atoms with E-state index < -0.39 is 9.84 Å². The van der Waals surface area contributed by atoms with Gasteiger partial charge in [-0.2, -0.15) is 0 Å². The van der Waals surface area contributed by atoms with Crippen molar-refractivity contribution >= 4 is 21.7 Å². The van der Waals surface area contributed by atoms with Crippen LogP contribution in [-0.4, -0.2) is 52.0 Å². The highest BCUT2D eigenvalue weighted by Gasteiger charge is 2.48. The summed E-state index contributed by atoms with van der Waals surface area (Å²) in [5.74, 6) is 0.147. The van der Waals surface area contributed by atoms with Crippen molar-refractivity contribution < 1.29 is 27.5 Å². The summed E-state index contributed by atoms with van der Waals surface area (Å²) in [6.45, 7) is 0.324. The van der Waals surface area contributed by atoms with E-state index in [9.17, 15) is 18.0 Å². The first-order valence-corrected chi connectivity index (χ1v) is 10.6. The quantitative estimate of drug-likeness (QED) is 0.684. The molecular formula is C18H24N2O6S. The highest BCUT2D eigenvalue weighted by Crippen LogP contribution is 2.39. The number of carbonyl (C=O) groups excluding carboxylic acids is 2. The molecule has 1 aromatic rings. The summed E-state index contributed by atoms with van der Waals surface area (Å²) in [7, 11) is 0.0595. The van der Waals surface area contributed by atoms with Gasteiger partial charge in [0.1, 0.15) is 0 Å². The molecule has 3 unspecified atom stereocenters. The molecule has 9 heteroatoms. The summed E-state index contributed by atoms with van der Waals surface area (Å²) in [4.78, 5) is 24.5. The first kappa shape index (κ1) is 19.5. The standard InChI is InChI=1S/C18H24N2O6S/c1-25-15-4-3-11(7-16(15)26-2)9-19-17(21)13-8-14(13)18(22)20-12-5-6-27(23,24)10-12/h3-4,7,12-14H,5-6,8-10H2,1-2H3,(H,19,21)(H,20,22). The molecule has 148 valence electrons. The minimum absolute atomic E-state index is 0.0123. The summed E-state index contributed by atoms with van der Waals surface area (Å²) >= 11 is 0. The number of carbonyl (C=O) groups is 2. The van der Waals surface area contributed by atoms with Crippen LogP contribution >= 0.6 is 0 Å². The largest absolute Gasteiger partial charge is 0.493 e. The van der Waals surface area contributed by atoms with Gasteiger partial charge in [-0.05, 0) is 30.5 Å². The normalized spacial score (nSPS) is 25.5. The third-order valence-electron chi connectivity index (χ3n) is 4.96. The number of amides is 2. The van der Waals surface area contributed by atoms with E-state index in [1.807, 2.05) is 6.07 Å². The Morgan fingerprint density at radius 1 is 1.11 bits per heavy atom. The summed E-state index contributed by atoms with van der Waals surface area (Å²) in [5.41, 5.74) is 0.860. The van der Waals surface area contributed by atoms with E-state index in [-0.39, 0.29) is 41.2 Å². The molecule has 0 spiro atoms. The SMILES string of the molecule is COc1ccc(CNC(=O)C2CC2C(=O)NC2CCS(=O)(=O)C2)cc1OC. The molecule has 1 saturated heterocycles. The second-order valence-electron chi connectivity index (χ2n) is 6.96. The maximum Gasteiger partial charge on any atom is 0.224 e. The molecule has 2 N–H and O–H groups in total. The molecule has 0 aromatic heterocycles. The summed E-state index contributed by atoms with van der Waals surface area (Å²) < 4.78 is 33.3. The number of hydrogen-bond donors (Lipinski definition) is 2. The summed E-state index contributed by atoms with van der Waals surface area (Å²) in [6.07, 6.45) is 0.931. The molecule has 1 aliphatic carbocycles. The zero-order chi connectivity index (χ0) is 19.6. The van der Waals surface area contributed by atoms with Gasteiger partial charge in [0.05, 0.1) is 37.6 Å². The Labute approximate surface area is 158 Å². The second kappa shape index (κ2) is 7.75. The Kier molecular flexibility index (Phi) is 5.59. The number of ether oxygens (including phenoxy) is 2. The average Bonchev–Trinajstić information content (AvgIpc) is 3.38. The minimum atomic E-state index is -3.04. The van der Waals surface area contributed by atoms with E-state index in [4.69, 9.17) is 9.47 Å². The van der Waals surface area contributed by atoms with Crippen molar-refractivity contribution in [2.24, 2.45) is 11.8 Å². The molecular weight excluding hydrogens is 372 g/mol. The number of sulfone groups is 1. The van der Waals surface area contributed by atoms with Crippen LogP contribution in [0.4, 0.5) is 0 Å². The molecule has 8 nitrogen and oxygen atoms in total. The highest BCUT2D eigenvalue weighted by molar-refractivity contribution is 7.91. The Morgan fingerprint density at radius 2 is 1.81 bits per heavy atom. The van der Waals surface area contributed by atoms with Crippen LogP contribution in [0.15, 0.2) is 18.2 Å². The van der Waals surface area contributed by atoms with E-state index in [2.05, 4.69) is 10.6 Å². The number of nitrogens with one attached hydrogen (secondary N) is 2.